The highest BCUT2D eigenvalue weighted by atomic mass is 16.7. The molecule has 160 valence electrons. The topological polar surface area (TPSA) is 129 Å². The highest BCUT2D eigenvalue weighted by Crippen LogP contribution is 2.51. The van der Waals surface area contributed by atoms with E-state index >= 15 is 0 Å². The van der Waals surface area contributed by atoms with E-state index in [0.29, 0.717) is 28.1 Å². The Kier molecular flexibility index (Phi) is 3.95. The molecule has 3 aliphatic heterocycles. The van der Waals surface area contributed by atoms with E-state index in [0.717, 1.165) is 16.2 Å². The zero-order chi connectivity index (χ0) is 21.4. The van der Waals surface area contributed by atoms with Crippen LogP contribution in [0.15, 0.2) is 36.4 Å². The molecule has 1 fully saturated rings. The molecule has 6 rings (SSSR count). The molecular weight excluding hydrogens is 406 g/mol. The van der Waals surface area contributed by atoms with Gasteiger partial charge in [0.2, 0.25) is 6.79 Å². The van der Waals surface area contributed by atoms with Crippen LogP contribution in [0.5, 0.6) is 11.5 Å². The molecule has 3 aliphatic rings. The molecule has 3 aromatic rings. The van der Waals surface area contributed by atoms with Crippen molar-refractivity contribution in [3.63, 3.8) is 0 Å². The quantitative estimate of drug-likeness (QED) is 0.437. The predicted molar refractivity (Wildman–Crippen MR) is 108 cm³/mol. The second-order valence-electron chi connectivity index (χ2n) is 7.92. The SMILES string of the molecule is O=C1c2cc3c(c4c2c(cc2ccccc24)N1C1OC(CO)C(O)C(O)C1O)OCO3. The fourth-order valence-corrected chi connectivity index (χ4v) is 4.78. The first-order valence-corrected chi connectivity index (χ1v) is 9.93. The average Bonchev–Trinajstić information content (AvgIpc) is 3.36. The Morgan fingerprint density at radius 3 is 2.61 bits per heavy atom. The van der Waals surface area contributed by atoms with Crippen molar-refractivity contribution < 1.29 is 39.4 Å². The van der Waals surface area contributed by atoms with Crippen LogP contribution in [-0.2, 0) is 4.74 Å². The minimum atomic E-state index is -1.60. The van der Waals surface area contributed by atoms with Gasteiger partial charge in [0, 0.05) is 10.8 Å². The molecule has 1 saturated heterocycles. The molecule has 5 unspecified atom stereocenters. The highest BCUT2D eigenvalue weighted by Gasteiger charge is 2.50. The van der Waals surface area contributed by atoms with Crippen molar-refractivity contribution in [2.75, 3.05) is 18.3 Å². The number of ether oxygens (including phenoxy) is 3. The van der Waals surface area contributed by atoms with E-state index in [2.05, 4.69) is 0 Å². The van der Waals surface area contributed by atoms with Crippen molar-refractivity contribution >= 4 is 33.1 Å². The summed E-state index contributed by atoms with van der Waals surface area (Å²) >= 11 is 0. The van der Waals surface area contributed by atoms with E-state index in [4.69, 9.17) is 14.2 Å². The van der Waals surface area contributed by atoms with Gasteiger partial charge in [0.1, 0.15) is 24.4 Å². The van der Waals surface area contributed by atoms with Gasteiger partial charge in [-0.05, 0) is 22.9 Å². The first kappa shape index (κ1) is 18.8. The van der Waals surface area contributed by atoms with Gasteiger partial charge < -0.3 is 34.6 Å². The van der Waals surface area contributed by atoms with Crippen molar-refractivity contribution in [1.29, 1.82) is 0 Å². The minimum absolute atomic E-state index is 0.0526. The third kappa shape index (κ3) is 2.40. The summed E-state index contributed by atoms with van der Waals surface area (Å²) in [5.41, 5.74) is 0.841. The standard InChI is InChI=1S/C22H19NO8/c24-7-14-17(25)18(26)19(27)22(31-14)23-12-5-9-3-1-2-4-10(9)16-15(12)11(21(23)28)6-13-20(16)30-8-29-13/h1-6,14,17-19,22,24-27H,7-8H2. The number of nitrogens with zero attached hydrogens (tertiary/aromatic N) is 1. The molecule has 0 radical (unpaired) electrons. The Bertz CT molecular complexity index is 1240. The summed E-state index contributed by atoms with van der Waals surface area (Å²) in [4.78, 5) is 14.8. The number of rotatable bonds is 2. The van der Waals surface area contributed by atoms with Gasteiger partial charge in [0.25, 0.3) is 5.91 Å². The fourth-order valence-electron chi connectivity index (χ4n) is 4.78. The molecule has 3 aromatic carbocycles. The molecule has 31 heavy (non-hydrogen) atoms. The van der Waals surface area contributed by atoms with Crippen LogP contribution in [0.3, 0.4) is 0 Å². The molecular formula is C22H19NO8. The number of hydrogen-bond donors (Lipinski definition) is 4. The van der Waals surface area contributed by atoms with Crippen LogP contribution in [0.2, 0.25) is 0 Å². The molecule has 0 aromatic heterocycles. The summed E-state index contributed by atoms with van der Waals surface area (Å²) in [5.74, 6) is 0.548. The number of anilines is 1. The van der Waals surface area contributed by atoms with Crippen molar-refractivity contribution in [3.05, 3.63) is 42.0 Å². The lowest BCUT2D eigenvalue weighted by Crippen LogP contribution is -2.63. The number of carbonyl (C=O) groups is 1. The summed E-state index contributed by atoms with van der Waals surface area (Å²) in [6.45, 7) is -0.531. The molecule has 9 heteroatoms. The number of fused-ring (bicyclic) bond motifs is 4. The van der Waals surface area contributed by atoms with Crippen molar-refractivity contribution in [1.82, 2.24) is 0 Å². The van der Waals surface area contributed by atoms with Gasteiger partial charge in [-0.25, -0.2) is 0 Å². The third-order valence-electron chi connectivity index (χ3n) is 6.27. The Hall–Kier alpha value is -2.95. The largest absolute Gasteiger partial charge is 0.454 e. The lowest BCUT2D eigenvalue weighted by Gasteiger charge is -2.43. The van der Waals surface area contributed by atoms with Gasteiger partial charge in [-0.3, -0.25) is 9.69 Å². The average molecular weight is 425 g/mol. The first-order chi connectivity index (χ1) is 15.0. The van der Waals surface area contributed by atoms with E-state index in [-0.39, 0.29) is 6.79 Å². The maximum atomic E-state index is 13.5. The van der Waals surface area contributed by atoms with Crippen LogP contribution in [0.1, 0.15) is 10.4 Å². The third-order valence-corrected chi connectivity index (χ3v) is 6.27. The van der Waals surface area contributed by atoms with Crippen LogP contribution >= 0.6 is 0 Å². The van der Waals surface area contributed by atoms with Crippen molar-refractivity contribution in [3.8, 4) is 11.5 Å². The smallest absolute Gasteiger partial charge is 0.261 e. The molecule has 0 saturated carbocycles. The van der Waals surface area contributed by atoms with E-state index in [1.54, 1.807) is 6.07 Å². The van der Waals surface area contributed by atoms with E-state index in [1.165, 1.54) is 4.90 Å². The molecule has 0 aliphatic carbocycles. The minimum Gasteiger partial charge on any atom is -0.454 e. The summed E-state index contributed by atoms with van der Waals surface area (Å²) in [7, 11) is 0. The molecule has 3 heterocycles. The number of hydrogen-bond acceptors (Lipinski definition) is 8. The highest BCUT2D eigenvalue weighted by molar-refractivity contribution is 6.31. The fraction of sp³-hybridized carbons (Fsp3) is 0.318. The Morgan fingerprint density at radius 1 is 1.00 bits per heavy atom. The lowest BCUT2D eigenvalue weighted by atomic mass is 9.96. The number of amides is 1. The first-order valence-electron chi connectivity index (χ1n) is 9.93. The molecule has 4 N–H and O–H groups in total. The van der Waals surface area contributed by atoms with Gasteiger partial charge >= 0.3 is 0 Å². The van der Waals surface area contributed by atoms with Gasteiger partial charge in [-0.2, -0.15) is 0 Å². The van der Waals surface area contributed by atoms with Crippen molar-refractivity contribution in [2.45, 2.75) is 30.6 Å². The number of carbonyl (C=O) groups excluding carboxylic acids is 1. The molecule has 5 atom stereocenters. The van der Waals surface area contributed by atoms with E-state index in [1.807, 2.05) is 30.3 Å². The Balaban J connectivity index is 1.61. The molecule has 1 amide bonds. The zero-order valence-electron chi connectivity index (χ0n) is 16.1. The summed E-state index contributed by atoms with van der Waals surface area (Å²) in [6, 6.07) is 11.0. The van der Waals surface area contributed by atoms with Gasteiger partial charge in [-0.1, -0.05) is 24.3 Å². The normalized spacial score (nSPS) is 29.4. The summed E-state index contributed by atoms with van der Waals surface area (Å²) in [6.07, 6.45) is -7.14. The Morgan fingerprint density at radius 2 is 1.81 bits per heavy atom. The van der Waals surface area contributed by atoms with Crippen LogP contribution in [0, 0.1) is 0 Å². The number of benzene rings is 3. The van der Waals surface area contributed by atoms with Crippen LogP contribution in [0.4, 0.5) is 5.69 Å². The maximum Gasteiger partial charge on any atom is 0.261 e. The number of aliphatic hydroxyl groups excluding tert-OH is 4. The van der Waals surface area contributed by atoms with Crippen LogP contribution in [0.25, 0.3) is 21.5 Å². The predicted octanol–water partition coefficient (Wildman–Crippen LogP) is 0.482. The van der Waals surface area contributed by atoms with Crippen molar-refractivity contribution in [2.24, 2.45) is 0 Å². The van der Waals surface area contributed by atoms with E-state index in [9.17, 15) is 25.2 Å². The van der Waals surface area contributed by atoms with Gasteiger partial charge in [-0.15, -0.1) is 0 Å². The lowest BCUT2D eigenvalue weighted by molar-refractivity contribution is -0.226. The van der Waals surface area contributed by atoms with Crippen LogP contribution < -0.4 is 14.4 Å². The number of aliphatic hydroxyl groups is 4. The van der Waals surface area contributed by atoms with E-state index < -0.39 is 43.2 Å². The zero-order valence-corrected chi connectivity index (χ0v) is 16.1. The summed E-state index contributed by atoms with van der Waals surface area (Å²) < 4.78 is 17.0. The second-order valence-corrected chi connectivity index (χ2v) is 7.92. The van der Waals surface area contributed by atoms with Gasteiger partial charge in [0.15, 0.2) is 17.7 Å². The van der Waals surface area contributed by atoms with Gasteiger partial charge in [0.05, 0.1) is 17.9 Å². The Labute approximate surface area is 175 Å². The second kappa shape index (κ2) is 6.52. The van der Waals surface area contributed by atoms with Crippen LogP contribution in [-0.4, -0.2) is 70.4 Å². The molecule has 0 spiro atoms. The molecule has 0 bridgehead atoms. The maximum absolute atomic E-state index is 13.5. The molecule has 9 nitrogen and oxygen atoms in total. The monoisotopic (exact) mass is 425 g/mol. The summed E-state index contributed by atoms with van der Waals surface area (Å²) in [5, 5.41) is 43.7.